The van der Waals surface area contributed by atoms with Gasteiger partial charge >= 0.3 is 6.09 Å². The van der Waals surface area contributed by atoms with Crippen LogP contribution in [-0.4, -0.2) is 28.7 Å². The molecule has 1 amide bonds. The number of carboxylic acid groups (broad SMARTS) is 1. The minimum Gasteiger partial charge on any atom is -0.487 e. The standard InChI is InChI=1S/C23H19F2NO3/c24-19-10-5-11-20(25)21(19)18-9-4-8-16-12-17(29-22(16)18)14-26(23(27)28)13-15-6-2-1-3-7-15/h1-11,17H,12-14H2,(H,27,28). The molecule has 4 rings (SSSR count). The average molecular weight is 395 g/mol. The lowest BCUT2D eigenvalue weighted by molar-refractivity contribution is 0.113. The molecule has 6 heteroatoms. The minimum atomic E-state index is -1.05. The third-order valence-electron chi connectivity index (χ3n) is 4.97. The number of para-hydroxylation sites is 1. The molecule has 1 aliphatic heterocycles. The molecule has 1 atom stereocenters. The van der Waals surface area contributed by atoms with Gasteiger partial charge in [-0.15, -0.1) is 0 Å². The number of amides is 1. The molecule has 1 aliphatic rings. The van der Waals surface area contributed by atoms with E-state index in [0.717, 1.165) is 11.1 Å². The molecule has 0 fully saturated rings. The molecular weight excluding hydrogens is 376 g/mol. The fourth-order valence-electron chi connectivity index (χ4n) is 3.65. The molecule has 4 nitrogen and oxygen atoms in total. The van der Waals surface area contributed by atoms with E-state index in [1.807, 2.05) is 36.4 Å². The maximum atomic E-state index is 14.3. The molecule has 3 aromatic carbocycles. The second-order valence-electron chi connectivity index (χ2n) is 6.98. The van der Waals surface area contributed by atoms with Gasteiger partial charge in [0.05, 0.1) is 12.1 Å². The van der Waals surface area contributed by atoms with E-state index < -0.39 is 23.8 Å². The zero-order valence-corrected chi connectivity index (χ0v) is 15.5. The van der Waals surface area contributed by atoms with E-state index in [-0.39, 0.29) is 18.7 Å². The molecular formula is C23H19F2NO3. The molecule has 0 aromatic heterocycles. The summed E-state index contributed by atoms with van der Waals surface area (Å²) >= 11 is 0. The average Bonchev–Trinajstić information content (AvgIpc) is 3.11. The van der Waals surface area contributed by atoms with Crippen LogP contribution >= 0.6 is 0 Å². The third-order valence-corrected chi connectivity index (χ3v) is 4.97. The maximum Gasteiger partial charge on any atom is 0.407 e. The summed E-state index contributed by atoms with van der Waals surface area (Å²) in [5.74, 6) is -0.921. The maximum absolute atomic E-state index is 14.3. The molecule has 0 spiro atoms. The summed E-state index contributed by atoms with van der Waals surface area (Å²) in [6.45, 7) is 0.388. The molecule has 3 aromatic rings. The van der Waals surface area contributed by atoms with Gasteiger partial charge in [0.2, 0.25) is 0 Å². The van der Waals surface area contributed by atoms with Crippen LogP contribution in [0.1, 0.15) is 11.1 Å². The van der Waals surface area contributed by atoms with E-state index in [0.29, 0.717) is 17.7 Å². The molecule has 1 heterocycles. The first-order chi connectivity index (χ1) is 14.0. The van der Waals surface area contributed by atoms with Gasteiger partial charge in [0.1, 0.15) is 23.5 Å². The summed E-state index contributed by atoms with van der Waals surface area (Å²) in [6.07, 6.45) is -1.01. The molecule has 148 valence electrons. The van der Waals surface area contributed by atoms with Crippen molar-refractivity contribution in [1.82, 2.24) is 4.90 Å². The van der Waals surface area contributed by atoms with Gasteiger partial charge in [0.25, 0.3) is 0 Å². The monoisotopic (exact) mass is 395 g/mol. The summed E-state index contributed by atoms with van der Waals surface area (Å²) in [7, 11) is 0. The zero-order chi connectivity index (χ0) is 20.4. The summed E-state index contributed by atoms with van der Waals surface area (Å²) in [5.41, 5.74) is 1.88. The van der Waals surface area contributed by atoms with Crippen molar-refractivity contribution >= 4 is 6.09 Å². The Hall–Kier alpha value is -3.41. The number of fused-ring (bicyclic) bond motifs is 1. The first kappa shape index (κ1) is 18.9. The Kier molecular flexibility index (Phi) is 5.16. The van der Waals surface area contributed by atoms with Crippen LogP contribution in [0.2, 0.25) is 0 Å². The predicted molar refractivity (Wildman–Crippen MR) is 105 cm³/mol. The Morgan fingerprint density at radius 2 is 1.69 bits per heavy atom. The molecule has 0 bridgehead atoms. The predicted octanol–water partition coefficient (Wildman–Crippen LogP) is 5.12. The van der Waals surface area contributed by atoms with Gasteiger partial charge in [-0.2, -0.15) is 0 Å². The Balaban J connectivity index is 1.57. The molecule has 1 unspecified atom stereocenters. The van der Waals surface area contributed by atoms with Gasteiger partial charge < -0.3 is 14.7 Å². The van der Waals surface area contributed by atoms with Crippen LogP contribution in [-0.2, 0) is 13.0 Å². The van der Waals surface area contributed by atoms with Crippen molar-refractivity contribution in [2.75, 3.05) is 6.54 Å². The Labute approximate surface area is 167 Å². The topological polar surface area (TPSA) is 49.8 Å². The number of hydrogen-bond acceptors (Lipinski definition) is 2. The van der Waals surface area contributed by atoms with E-state index >= 15 is 0 Å². The largest absolute Gasteiger partial charge is 0.487 e. The van der Waals surface area contributed by atoms with Crippen LogP contribution in [0, 0.1) is 11.6 Å². The third kappa shape index (κ3) is 3.92. The van der Waals surface area contributed by atoms with Gasteiger partial charge in [0.15, 0.2) is 0 Å². The number of rotatable bonds is 5. The van der Waals surface area contributed by atoms with Crippen molar-refractivity contribution in [2.45, 2.75) is 19.1 Å². The van der Waals surface area contributed by atoms with Gasteiger partial charge in [-0.1, -0.05) is 54.6 Å². The summed E-state index contributed by atoms with van der Waals surface area (Å²) < 4.78 is 34.5. The van der Waals surface area contributed by atoms with E-state index in [1.165, 1.54) is 23.1 Å². The second kappa shape index (κ2) is 7.91. The first-order valence-corrected chi connectivity index (χ1v) is 9.27. The Morgan fingerprint density at radius 3 is 2.38 bits per heavy atom. The van der Waals surface area contributed by atoms with Crippen molar-refractivity contribution in [3.05, 3.63) is 89.5 Å². The SMILES string of the molecule is O=C(O)N(Cc1ccccc1)CC1Cc2cccc(-c3c(F)cccc3F)c2O1. The Bertz CT molecular complexity index is 1020. The van der Waals surface area contributed by atoms with Crippen LogP contribution in [0.3, 0.4) is 0 Å². The fraction of sp³-hybridized carbons (Fsp3) is 0.174. The molecule has 1 N–H and O–H groups in total. The number of nitrogens with zero attached hydrogens (tertiary/aromatic N) is 1. The quantitative estimate of drug-likeness (QED) is 0.653. The second-order valence-corrected chi connectivity index (χ2v) is 6.98. The van der Waals surface area contributed by atoms with Crippen LogP contribution < -0.4 is 4.74 Å². The van der Waals surface area contributed by atoms with Crippen LogP contribution in [0.15, 0.2) is 66.7 Å². The molecule has 0 saturated carbocycles. The number of benzene rings is 3. The van der Waals surface area contributed by atoms with Crippen molar-refractivity contribution < 1.29 is 23.4 Å². The van der Waals surface area contributed by atoms with Crippen molar-refractivity contribution in [3.8, 4) is 16.9 Å². The Morgan fingerprint density at radius 1 is 1.00 bits per heavy atom. The highest BCUT2D eigenvalue weighted by Crippen LogP contribution is 2.40. The van der Waals surface area contributed by atoms with E-state index in [4.69, 9.17) is 4.74 Å². The van der Waals surface area contributed by atoms with Gasteiger partial charge in [-0.05, 0) is 23.3 Å². The van der Waals surface area contributed by atoms with E-state index in [1.54, 1.807) is 12.1 Å². The van der Waals surface area contributed by atoms with Crippen LogP contribution in [0.4, 0.5) is 13.6 Å². The normalized spacial score (nSPS) is 14.9. The molecule has 0 radical (unpaired) electrons. The lowest BCUT2D eigenvalue weighted by atomic mass is 9.99. The summed E-state index contributed by atoms with van der Waals surface area (Å²) in [4.78, 5) is 13.0. The highest BCUT2D eigenvalue weighted by atomic mass is 19.1. The number of halogens is 2. The lowest BCUT2D eigenvalue weighted by Gasteiger charge is -2.23. The zero-order valence-electron chi connectivity index (χ0n) is 15.5. The highest BCUT2D eigenvalue weighted by Gasteiger charge is 2.30. The molecule has 0 aliphatic carbocycles. The van der Waals surface area contributed by atoms with E-state index in [2.05, 4.69) is 0 Å². The molecule has 29 heavy (non-hydrogen) atoms. The lowest BCUT2D eigenvalue weighted by Crippen LogP contribution is -2.37. The number of carbonyl (C=O) groups is 1. The van der Waals surface area contributed by atoms with Crippen molar-refractivity contribution in [2.24, 2.45) is 0 Å². The summed E-state index contributed by atoms with van der Waals surface area (Å²) in [6, 6.07) is 18.2. The molecule has 0 saturated heterocycles. The van der Waals surface area contributed by atoms with Gasteiger partial charge in [-0.3, -0.25) is 0 Å². The van der Waals surface area contributed by atoms with Crippen molar-refractivity contribution in [1.29, 1.82) is 0 Å². The summed E-state index contributed by atoms with van der Waals surface area (Å²) in [5, 5.41) is 9.59. The van der Waals surface area contributed by atoms with Crippen LogP contribution in [0.25, 0.3) is 11.1 Å². The number of ether oxygens (including phenoxy) is 1. The van der Waals surface area contributed by atoms with Gasteiger partial charge in [-0.25, -0.2) is 13.6 Å². The highest BCUT2D eigenvalue weighted by molar-refractivity contribution is 5.74. The van der Waals surface area contributed by atoms with Gasteiger partial charge in [0, 0.05) is 18.5 Å². The smallest absolute Gasteiger partial charge is 0.407 e. The van der Waals surface area contributed by atoms with Crippen molar-refractivity contribution in [3.63, 3.8) is 0 Å². The van der Waals surface area contributed by atoms with E-state index in [9.17, 15) is 18.7 Å². The minimum absolute atomic E-state index is 0.135. The first-order valence-electron chi connectivity index (χ1n) is 9.27. The van der Waals surface area contributed by atoms with Crippen LogP contribution in [0.5, 0.6) is 5.75 Å². The fourth-order valence-corrected chi connectivity index (χ4v) is 3.65. The number of hydrogen-bond donors (Lipinski definition) is 1.